The van der Waals surface area contributed by atoms with E-state index < -0.39 is 0 Å². The van der Waals surface area contributed by atoms with Crippen LogP contribution >= 0.6 is 0 Å². The molecule has 0 atom stereocenters. The number of rotatable bonds is 6. The number of Topliss-reactive ketones (excluding diaryl/α,β-unsaturated/α-hetero) is 1. The van der Waals surface area contributed by atoms with Crippen molar-refractivity contribution < 1.29 is 9.59 Å². The minimum atomic E-state index is 0.0625. The van der Waals surface area contributed by atoms with Crippen molar-refractivity contribution in [1.29, 1.82) is 0 Å². The molecule has 0 heterocycles. The highest BCUT2D eigenvalue weighted by molar-refractivity contribution is 5.94. The molecule has 0 bridgehead atoms. The smallest absolute Gasteiger partial charge is 0.221 e. The van der Waals surface area contributed by atoms with Gasteiger partial charge in [-0.15, -0.1) is 0 Å². The van der Waals surface area contributed by atoms with E-state index in [1.807, 2.05) is 12.1 Å². The molecule has 1 amide bonds. The Kier molecular flexibility index (Phi) is 5.16. The fourth-order valence-electron chi connectivity index (χ4n) is 2.51. The lowest BCUT2D eigenvalue weighted by Crippen LogP contribution is -2.33. The number of amides is 1. The molecule has 0 saturated heterocycles. The molecule has 1 fully saturated rings. The van der Waals surface area contributed by atoms with Crippen LogP contribution in [0, 0.1) is 0 Å². The van der Waals surface area contributed by atoms with Crippen molar-refractivity contribution >= 4 is 17.4 Å². The fourth-order valence-corrected chi connectivity index (χ4v) is 2.51. The molecule has 2 N–H and O–H groups in total. The van der Waals surface area contributed by atoms with Gasteiger partial charge in [0.2, 0.25) is 5.91 Å². The van der Waals surface area contributed by atoms with E-state index in [4.69, 9.17) is 0 Å². The highest BCUT2D eigenvalue weighted by Gasteiger charge is 2.16. The zero-order chi connectivity index (χ0) is 14.4. The van der Waals surface area contributed by atoms with Gasteiger partial charge < -0.3 is 10.6 Å². The Balaban J connectivity index is 1.69. The van der Waals surface area contributed by atoms with Crippen LogP contribution in [0.1, 0.15) is 49.4 Å². The van der Waals surface area contributed by atoms with E-state index in [9.17, 15) is 9.59 Å². The molecule has 1 saturated carbocycles. The maximum Gasteiger partial charge on any atom is 0.221 e. The number of hydrogen-bond donors (Lipinski definition) is 2. The Labute approximate surface area is 119 Å². The number of ketones is 1. The third-order valence-corrected chi connectivity index (χ3v) is 3.69. The van der Waals surface area contributed by atoms with Gasteiger partial charge in [-0.05, 0) is 44.0 Å². The van der Waals surface area contributed by atoms with E-state index >= 15 is 0 Å². The van der Waals surface area contributed by atoms with Crippen molar-refractivity contribution in [2.45, 2.75) is 45.1 Å². The molecule has 108 valence electrons. The van der Waals surface area contributed by atoms with Gasteiger partial charge in [-0.25, -0.2) is 0 Å². The van der Waals surface area contributed by atoms with Crippen molar-refractivity contribution in [3.8, 4) is 0 Å². The number of nitrogens with one attached hydrogen (secondary N) is 2. The lowest BCUT2D eigenvalue weighted by molar-refractivity contribution is -0.121. The highest BCUT2D eigenvalue weighted by atomic mass is 16.1. The first-order valence-corrected chi connectivity index (χ1v) is 7.29. The number of anilines is 1. The van der Waals surface area contributed by atoms with Crippen molar-refractivity contribution in [1.82, 2.24) is 5.32 Å². The van der Waals surface area contributed by atoms with Gasteiger partial charge in [0.15, 0.2) is 5.78 Å². The van der Waals surface area contributed by atoms with E-state index in [2.05, 4.69) is 10.6 Å². The molecule has 4 nitrogen and oxygen atoms in total. The number of carbonyl (C=O) groups is 2. The zero-order valence-electron chi connectivity index (χ0n) is 11.9. The largest absolute Gasteiger partial charge is 0.385 e. The molecule has 0 spiro atoms. The van der Waals surface area contributed by atoms with Crippen LogP contribution in [0.3, 0.4) is 0 Å². The predicted octanol–water partition coefficient (Wildman–Crippen LogP) is 2.75. The highest BCUT2D eigenvalue weighted by Crippen LogP contribution is 2.17. The average molecular weight is 274 g/mol. The van der Waals surface area contributed by atoms with Gasteiger partial charge in [0, 0.05) is 30.3 Å². The Morgan fingerprint density at radius 2 is 1.80 bits per heavy atom. The lowest BCUT2D eigenvalue weighted by atomic mass is 10.1. The summed E-state index contributed by atoms with van der Waals surface area (Å²) in [7, 11) is 0. The standard InChI is InChI=1S/C16H22N2O2/c1-12(19)13-6-8-14(9-7-13)17-11-10-16(20)18-15-4-2-3-5-15/h6-9,15,17H,2-5,10-11H2,1H3,(H,18,20). The molecule has 0 aromatic heterocycles. The average Bonchev–Trinajstić information content (AvgIpc) is 2.92. The first-order chi connectivity index (χ1) is 9.65. The van der Waals surface area contributed by atoms with Crippen LogP contribution in [-0.4, -0.2) is 24.3 Å². The van der Waals surface area contributed by atoms with E-state index in [-0.39, 0.29) is 11.7 Å². The Morgan fingerprint density at radius 1 is 1.15 bits per heavy atom. The zero-order valence-corrected chi connectivity index (χ0v) is 11.9. The van der Waals surface area contributed by atoms with Crippen LogP contribution in [0.5, 0.6) is 0 Å². The molecule has 1 aromatic rings. The maximum absolute atomic E-state index is 11.7. The van der Waals surface area contributed by atoms with Gasteiger partial charge in [-0.2, -0.15) is 0 Å². The number of hydrogen-bond acceptors (Lipinski definition) is 3. The SMILES string of the molecule is CC(=O)c1ccc(NCCC(=O)NC2CCCC2)cc1. The van der Waals surface area contributed by atoms with Gasteiger partial charge in [0.1, 0.15) is 0 Å². The summed E-state index contributed by atoms with van der Waals surface area (Å²) in [6.07, 6.45) is 5.17. The maximum atomic E-state index is 11.7. The molecule has 2 rings (SSSR count). The molecule has 0 radical (unpaired) electrons. The summed E-state index contributed by atoms with van der Waals surface area (Å²) < 4.78 is 0. The molecular weight excluding hydrogens is 252 g/mol. The third-order valence-electron chi connectivity index (χ3n) is 3.69. The Hall–Kier alpha value is -1.84. The minimum Gasteiger partial charge on any atom is -0.385 e. The summed E-state index contributed by atoms with van der Waals surface area (Å²) in [6, 6.07) is 7.71. The van der Waals surface area contributed by atoms with E-state index in [0.29, 0.717) is 24.6 Å². The molecule has 1 aliphatic carbocycles. The molecule has 1 aliphatic rings. The summed E-state index contributed by atoms with van der Waals surface area (Å²) in [6.45, 7) is 2.16. The van der Waals surface area contributed by atoms with Gasteiger partial charge in [-0.1, -0.05) is 12.8 Å². The van der Waals surface area contributed by atoms with Crippen molar-refractivity contribution in [2.75, 3.05) is 11.9 Å². The van der Waals surface area contributed by atoms with Crippen LogP contribution in [0.2, 0.25) is 0 Å². The van der Waals surface area contributed by atoms with Crippen molar-refractivity contribution in [3.63, 3.8) is 0 Å². The van der Waals surface area contributed by atoms with Crippen molar-refractivity contribution in [2.24, 2.45) is 0 Å². The quantitative estimate of drug-likeness (QED) is 0.784. The van der Waals surface area contributed by atoms with Crippen LogP contribution < -0.4 is 10.6 Å². The van der Waals surface area contributed by atoms with Crippen LogP contribution in [-0.2, 0) is 4.79 Å². The topological polar surface area (TPSA) is 58.2 Å². The molecule has 1 aromatic carbocycles. The second-order valence-electron chi connectivity index (χ2n) is 5.36. The lowest BCUT2D eigenvalue weighted by Gasteiger charge is -2.12. The Morgan fingerprint density at radius 3 is 2.40 bits per heavy atom. The van der Waals surface area contributed by atoms with Gasteiger partial charge in [0.25, 0.3) is 0 Å². The van der Waals surface area contributed by atoms with E-state index in [1.165, 1.54) is 12.8 Å². The first-order valence-electron chi connectivity index (χ1n) is 7.29. The van der Waals surface area contributed by atoms with E-state index in [1.54, 1.807) is 19.1 Å². The van der Waals surface area contributed by atoms with Crippen molar-refractivity contribution in [3.05, 3.63) is 29.8 Å². The molecular formula is C16H22N2O2. The second-order valence-corrected chi connectivity index (χ2v) is 5.36. The predicted molar refractivity (Wildman–Crippen MR) is 80.0 cm³/mol. The third kappa shape index (κ3) is 4.37. The summed E-state index contributed by atoms with van der Waals surface area (Å²) in [4.78, 5) is 22.9. The molecule has 4 heteroatoms. The Bertz CT molecular complexity index is 462. The number of carbonyl (C=O) groups excluding carboxylic acids is 2. The van der Waals surface area contributed by atoms with Crippen LogP contribution in [0.15, 0.2) is 24.3 Å². The molecule has 20 heavy (non-hydrogen) atoms. The monoisotopic (exact) mass is 274 g/mol. The summed E-state index contributed by atoms with van der Waals surface area (Å²) in [5.74, 6) is 0.178. The normalized spacial score (nSPS) is 15.1. The summed E-state index contributed by atoms with van der Waals surface area (Å²) >= 11 is 0. The summed E-state index contributed by atoms with van der Waals surface area (Å²) in [5.41, 5.74) is 1.64. The summed E-state index contributed by atoms with van der Waals surface area (Å²) in [5, 5.41) is 6.26. The molecule has 0 aliphatic heterocycles. The molecule has 0 unspecified atom stereocenters. The van der Waals surface area contributed by atoms with Gasteiger partial charge in [-0.3, -0.25) is 9.59 Å². The first kappa shape index (κ1) is 14.6. The fraction of sp³-hybridized carbons (Fsp3) is 0.500. The number of benzene rings is 1. The minimum absolute atomic E-state index is 0.0625. The van der Waals surface area contributed by atoms with Crippen LogP contribution in [0.4, 0.5) is 5.69 Å². The van der Waals surface area contributed by atoms with E-state index in [0.717, 1.165) is 18.5 Å². The van der Waals surface area contributed by atoms with Gasteiger partial charge in [0.05, 0.1) is 0 Å². The van der Waals surface area contributed by atoms with Gasteiger partial charge >= 0.3 is 0 Å². The van der Waals surface area contributed by atoms with Crippen LogP contribution in [0.25, 0.3) is 0 Å². The second kappa shape index (κ2) is 7.08.